The topological polar surface area (TPSA) is 3.24 Å². The quantitative estimate of drug-likeness (QED) is 0.482. The molecule has 2 aliphatic heterocycles. The molecule has 1 atom stereocenters. The first-order chi connectivity index (χ1) is 6.78. The van der Waals surface area contributed by atoms with Crippen LogP contribution in [0.5, 0.6) is 0 Å². The maximum atomic E-state index is 2.28. The first kappa shape index (κ1) is 8.06. The molecule has 2 aliphatic rings. The van der Waals surface area contributed by atoms with E-state index in [1.54, 1.807) is 5.70 Å². The number of nitrogens with zero attached hydrogens (tertiary/aromatic N) is 2. The van der Waals surface area contributed by atoms with Gasteiger partial charge in [-0.05, 0) is 13.0 Å². The van der Waals surface area contributed by atoms with E-state index in [2.05, 4.69) is 49.3 Å². The molecule has 14 heavy (non-hydrogen) atoms. The summed E-state index contributed by atoms with van der Waals surface area (Å²) in [5, 5.41) is 0. The van der Waals surface area contributed by atoms with Gasteiger partial charge in [-0.25, -0.2) is 4.48 Å². The van der Waals surface area contributed by atoms with Crippen molar-refractivity contribution in [2.75, 3.05) is 25.0 Å². The van der Waals surface area contributed by atoms with Gasteiger partial charge in [0.2, 0.25) is 0 Å². The van der Waals surface area contributed by atoms with E-state index in [1.807, 2.05) is 0 Å². The highest BCUT2D eigenvalue weighted by molar-refractivity contribution is 5.79. The van der Waals surface area contributed by atoms with Gasteiger partial charge >= 0.3 is 0 Å². The lowest BCUT2D eigenvalue weighted by Gasteiger charge is -2.26. The molecule has 0 bridgehead atoms. The predicted octanol–water partition coefficient (Wildman–Crippen LogP) is 2.32. The van der Waals surface area contributed by atoms with Crippen molar-refractivity contribution in [1.82, 2.24) is 4.48 Å². The van der Waals surface area contributed by atoms with Gasteiger partial charge in [-0.2, -0.15) is 0 Å². The van der Waals surface area contributed by atoms with Gasteiger partial charge in [-0.3, -0.25) is 0 Å². The van der Waals surface area contributed by atoms with Gasteiger partial charge in [0.15, 0.2) is 17.9 Å². The van der Waals surface area contributed by atoms with Crippen molar-refractivity contribution in [3.8, 4) is 0 Å². The normalized spacial score (nSPS) is 27.9. The van der Waals surface area contributed by atoms with E-state index in [4.69, 9.17) is 0 Å². The fourth-order valence-corrected chi connectivity index (χ4v) is 2.54. The molecule has 0 N–H and O–H groups in total. The van der Waals surface area contributed by atoms with Crippen LogP contribution in [-0.2, 0) is 0 Å². The Kier molecular flexibility index (Phi) is 1.38. The minimum atomic E-state index is 1.10. The van der Waals surface area contributed by atoms with Gasteiger partial charge < -0.3 is 4.90 Å². The number of fused-ring (bicyclic) bond motifs is 3. The van der Waals surface area contributed by atoms with Crippen LogP contribution in [0.25, 0.3) is 0 Å². The van der Waals surface area contributed by atoms with Gasteiger partial charge in [0, 0.05) is 13.1 Å². The van der Waals surface area contributed by atoms with Crippen LogP contribution in [0.1, 0.15) is 6.92 Å². The van der Waals surface area contributed by atoms with Crippen molar-refractivity contribution in [3.63, 3.8) is 0 Å². The van der Waals surface area contributed by atoms with Gasteiger partial charge in [-0.15, -0.1) is 0 Å². The van der Waals surface area contributed by atoms with Crippen LogP contribution < -0.4 is 9.38 Å². The third-order valence-corrected chi connectivity index (χ3v) is 3.48. The number of benzene rings is 1. The maximum absolute atomic E-state index is 2.28. The highest BCUT2D eigenvalue weighted by Crippen LogP contribution is 2.50. The number of anilines is 1. The smallest absolute Gasteiger partial charge is 0.187 e. The Morgan fingerprint density at radius 2 is 2.14 bits per heavy atom. The van der Waals surface area contributed by atoms with Crippen molar-refractivity contribution >= 4 is 11.4 Å². The SMILES string of the molecule is CC[N+]12CC1=CN(C)c1ccccc12. The van der Waals surface area contributed by atoms with Crippen LogP contribution in [0.2, 0.25) is 0 Å². The Labute approximate surface area is 84.6 Å². The summed E-state index contributed by atoms with van der Waals surface area (Å²) >= 11 is 0. The van der Waals surface area contributed by atoms with Crippen molar-refractivity contribution in [2.24, 2.45) is 0 Å². The second kappa shape index (κ2) is 2.39. The number of para-hydroxylation sites is 2. The second-order valence-corrected chi connectivity index (χ2v) is 4.16. The van der Waals surface area contributed by atoms with Gasteiger partial charge in [0.1, 0.15) is 5.69 Å². The Bertz CT molecular complexity index is 422. The molecule has 2 nitrogen and oxygen atoms in total. The Morgan fingerprint density at radius 3 is 2.93 bits per heavy atom. The van der Waals surface area contributed by atoms with Crippen molar-refractivity contribution in [3.05, 3.63) is 36.2 Å². The zero-order valence-electron chi connectivity index (χ0n) is 8.70. The van der Waals surface area contributed by atoms with Crippen LogP contribution in [0.3, 0.4) is 0 Å². The predicted molar refractivity (Wildman–Crippen MR) is 60.1 cm³/mol. The van der Waals surface area contributed by atoms with Crippen molar-refractivity contribution in [2.45, 2.75) is 6.92 Å². The summed E-state index contributed by atoms with van der Waals surface area (Å²) in [5.41, 5.74) is 4.37. The third kappa shape index (κ3) is 0.794. The Morgan fingerprint density at radius 1 is 1.36 bits per heavy atom. The lowest BCUT2D eigenvalue weighted by atomic mass is 10.2. The first-order valence-corrected chi connectivity index (χ1v) is 5.19. The molecule has 0 aromatic heterocycles. The van der Waals surface area contributed by atoms with E-state index in [0.29, 0.717) is 0 Å². The van der Waals surface area contributed by atoms with Gasteiger partial charge in [0.05, 0.1) is 12.7 Å². The van der Waals surface area contributed by atoms with Crippen molar-refractivity contribution in [1.29, 1.82) is 0 Å². The standard InChI is InChI=1S/C12H15N2/c1-3-14-9-10(14)8-13(2)11-6-4-5-7-12(11)14/h4-8H,3,9H2,1-2H3/q+1. The average Bonchev–Trinajstić information content (AvgIpc) is 2.94. The molecule has 72 valence electrons. The molecule has 0 amide bonds. The molecule has 3 rings (SSSR count). The number of hydrogen-bond acceptors (Lipinski definition) is 1. The van der Waals surface area contributed by atoms with E-state index in [1.165, 1.54) is 24.5 Å². The largest absolute Gasteiger partial charge is 0.341 e. The summed E-state index contributed by atoms with van der Waals surface area (Å²) in [7, 11) is 2.13. The van der Waals surface area contributed by atoms with E-state index in [9.17, 15) is 0 Å². The summed E-state index contributed by atoms with van der Waals surface area (Å²) < 4.78 is 1.10. The molecule has 0 spiro atoms. The average molecular weight is 187 g/mol. The molecule has 1 fully saturated rings. The zero-order chi connectivity index (χ0) is 9.76. The minimum Gasteiger partial charge on any atom is -0.341 e. The summed E-state index contributed by atoms with van der Waals surface area (Å²) in [5.74, 6) is 0. The van der Waals surface area contributed by atoms with Crippen molar-refractivity contribution < 1.29 is 0 Å². The van der Waals surface area contributed by atoms with E-state index >= 15 is 0 Å². The molecule has 2 heteroatoms. The summed E-state index contributed by atoms with van der Waals surface area (Å²) in [6.45, 7) is 4.65. The van der Waals surface area contributed by atoms with Crippen LogP contribution in [0, 0.1) is 0 Å². The number of quaternary nitrogens is 1. The van der Waals surface area contributed by atoms with Crippen LogP contribution >= 0.6 is 0 Å². The fourth-order valence-electron chi connectivity index (χ4n) is 2.54. The lowest BCUT2D eigenvalue weighted by Crippen LogP contribution is -2.30. The monoisotopic (exact) mass is 187 g/mol. The Balaban J connectivity index is 2.22. The van der Waals surface area contributed by atoms with Gasteiger partial charge in [-0.1, -0.05) is 12.1 Å². The molecular formula is C12H15N2+. The molecule has 0 aliphatic carbocycles. The number of hydrogen-bond donors (Lipinski definition) is 0. The van der Waals surface area contributed by atoms with E-state index in [-0.39, 0.29) is 0 Å². The second-order valence-electron chi connectivity index (χ2n) is 4.16. The molecule has 1 unspecified atom stereocenters. The van der Waals surface area contributed by atoms with Crippen LogP contribution in [0.15, 0.2) is 36.2 Å². The summed E-state index contributed by atoms with van der Waals surface area (Å²) in [6, 6.07) is 8.72. The molecule has 0 radical (unpaired) electrons. The number of rotatable bonds is 1. The minimum absolute atomic E-state index is 1.10. The first-order valence-electron chi connectivity index (χ1n) is 5.19. The third-order valence-electron chi connectivity index (χ3n) is 3.48. The highest BCUT2D eigenvalue weighted by Gasteiger charge is 2.54. The molecule has 1 saturated heterocycles. The zero-order valence-corrected chi connectivity index (χ0v) is 8.70. The van der Waals surface area contributed by atoms with E-state index < -0.39 is 0 Å². The lowest BCUT2D eigenvalue weighted by molar-refractivity contribution is 0.587. The molecule has 1 aromatic rings. The summed E-state index contributed by atoms with van der Waals surface area (Å²) in [4.78, 5) is 2.24. The number of likely N-dealkylation sites (N-methyl/N-ethyl adjacent to an activating group) is 1. The molecule has 1 aromatic carbocycles. The molecule has 2 heterocycles. The Hall–Kier alpha value is -1.28. The fraction of sp³-hybridized carbons (Fsp3) is 0.333. The van der Waals surface area contributed by atoms with Crippen LogP contribution in [0.4, 0.5) is 11.4 Å². The maximum Gasteiger partial charge on any atom is 0.187 e. The van der Waals surface area contributed by atoms with E-state index in [0.717, 1.165) is 4.48 Å². The van der Waals surface area contributed by atoms with Crippen LogP contribution in [-0.4, -0.2) is 20.1 Å². The molecular weight excluding hydrogens is 172 g/mol. The molecule has 0 saturated carbocycles. The van der Waals surface area contributed by atoms with Gasteiger partial charge in [0.25, 0.3) is 0 Å². The highest BCUT2D eigenvalue weighted by atomic mass is 15.5. The summed E-state index contributed by atoms with van der Waals surface area (Å²) in [6.07, 6.45) is 2.28.